The maximum atomic E-state index is 10.5. The fraction of sp³-hybridized carbons (Fsp3) is 0. The molecule has 12 heavy (non-hydrogen) atoms. The molecule has 0 saturated carbocycles. The smallest absolute Gasteiger partial charge is 0.258 e. The molecule has 0 spiro atoms. The summed E-state index contributed by atoms with van der Waals surface area (Å²) in [6, 6.07) is 0.805. The molecule has 0 bridgehead atoms. The molecule has 0 atom stereocenters. The number of pyridine rings is 1. The highest BCUT2D eigenvalue weighted by Gasteiger charge is 2.15. The molecule has 1 aromatic rings. The Morgan fingerprint density at radius 2 is 2.00 bits per heavy atom. The van der Waals surface area contributed by atoms with Crippen molar-refractivity contribution in [3.05, 3.63) is 11.6 Å². The molecule has 0 aromatic carbocycles. The van der Waals surface area contributed by atoms with Crippen LogP contribution in [0, 0.1) is 0 Å². The zero-order valence-electron chi connectivity index (χ0n) is 5.85. The quantitative estimate of drug-likeness (QED) is 0.444. The van der Waals surface area contributed by atoms with Crippen LogP contribution >= 0.6 is 0 Å². The lowest BCUT2D eigenvalue weighted by atomic mass is 10.2. The van der Waals surface area contributed by atoms with Crippen LogP contribution in [0.3, 0.4) is 0 Å². The number of nitrogens with zero attached hydrogens (tertiary/aromatic N) is 1. The van der Waals surface area contributed by atoms with Gasteiger partial charge in [-0.15, -0.1) is 0 Å². The Morgan fingerprint density at radius 3 is 2.42 bits per heavy atom. The zero-order chi connectivity index (χ0) is 9.30. The van der Waals surface area contributed by atoms with E-state index in [2.05, 4.69) is 4.98 Å². The molecule has 0 unspecified atom stereocenters. The third-order valence-electron chi connectivity index (χ3n) is 1.21. The molecule has 1 heterocycles. The van der Waals surface area contributed by atoms with Crippen molar-refractivity contribution in [1.29, 1.82) is 0 Å². The van der Waals surface area contributed by atoms with Crippen LogP contribution in [0.1, 0.15) is 10.4 Å². The van der Waals surface area contributed by atoms with Crippen LogP contribution in [-0.4, -0.2) is 26.2 Å². The van der Waals surface area contributed by atoms with Gasteiger partial charge in [-0.1, -0.05) is 0 Å². The second-order valence-electron chi connectivity index (χ2n) is 2.06. The van der Waals surface area contributed by atoms with Crippen molar-refractivity contribution in [1.82, 2.24) is 4.98 Å². The van der Waals surface area contributed by atoms with Crippen LogP contribution in [0.15, 0.2) is 6.07 Å². The molecular formula is C6H6N2O4. The molecule has 0 aliphatic carbocycles. The number of nitrogens with two attached hydrogens (primary N) is 1. The molecule has 1 amide bonds. The third-order valence-corrected chi connectivity index (χ3v) is 1.21. The number of aromatic hydroxyl groups is 3. The van der Waals surface area contributed by atoms with Gasteiger partial charge in [-0.25, -0.2) is 0 Å². The van der Waals surface area contributed by atoms with Gasteiger partial charge in [0.1, 0.15) is 11.3 Å². The normalized spacial score (nSPS) is 9.67. The lowest BCUT2D eigenvalue weighted by molar-refractivity contribution is 0.0994. The fourth-order valence-electron chi connectivity index (χ4n) is 0.742. The topological polar surface area (TPSA) is 117 Å². The minimum Gasteiger partial charge on any atom is -0.507 e. The summed E-state index contributed by atoms with van der Waals surface area (Å²) in [5.74, 6) is -3.00. The summed E-state index contributed by atoms with van der Waals surface area (Å²) in [5, 5.41) is 26.6. The van der Waals surface area contributed by atoms with Crippen molar-refractivity contribution < 1.29 is 20.1 Å². The van der Waals surface area contributed by atoms with Gasteiger partial charge in [-0.2, -0.15) is 4.98 Å². The van der Waals surface area contributed by atoms with Crippen molar-refractivity contribution in [2.45, 2.75) is 0 Å². The van der Waals surface area contributed by atoms with E-state index >= 15 is 0 Å². The molecule has 0 fully saturated rings. The van der Waals surface area contributed by atoms with Crippen molar-refractivity contribution in [2.24, 2.45) is 5.73 Å². The number of aromatic nitrogens is 1. The highest BCUT2D eigenvalue weighted by atomic mass is 16.3. The monoisotopic (exact) mass is 170 g/mol. The molecule has 0 aliphatic heterocycles. The zero-order valence-corrected chi connectivity index (χ0v) is 5.85. The van der Waals surface area contributed by atoms with Crippen LogP contribution in [-0.2, 0) is 0 Å². The standard InChI is InChI=1S/C6H6N2O4/c7-5(11)4-2(9)1-3(10)8-6(4)12/h1H,(H2,7,11)(H3,8,9,10,12). The van der Waals surface area contributed by atoms with Crippen LogP contribution in [0.5, 0.6) is 17.5 Å². The number of primary amides is 1. The highest BCUT2D eigenvalue weighted by Crippen LogP contribution is 2.27. The molecule has 0 radical (unpaired) electrons. The average Bonchev–Trinajstić information content (AvgIpc) is 1.82. The van der Waals surface area contributed by atoms with Gasteiger partial charge in [0.15, 0.2) is 0 Å². The van der Waals surface area contributed by atoms with E-state index < -0.39 is 29.0 Å². The third kappa shape index (κ3) is 1.22. The van der Waals surface area contributed by atoms with E-state index in [0.717, 1.165) is 6.07 Å². The van der Waals surface area contributed by atoms with Gasteiger partial charge in [0.25, 0.3) is 5.91 Å². The molecule has 1 aromatic heterocycles. The first-order valence-corrected chi connectivity index (χ1v) is 2.94. The van der Waals surface area contributed by atoms with Crippen LogP contribution in [0.25, 0.3) is 0 Å². The van der Waals surface area contributed by atoms with E-state index in [9.17, 15) is 4.79 Å². The maximum absolute atomic E-state index is 10.5. The van der Waals surface area contributed by atoms with Gasteiger partial charge in [-0.3, -0.25) is 4.79 Å². The van der Waals surface area contributed by atoms with Gasteiger partial charge < -0.3 is 21.1 Å². The first kappa shape index (κ1) is 8.12. The van der Waals surface area contributed by atoms with Gasteiger partial charge in [0.05, 0.1) is 0 Å². The number of hydrogen-bond donors (Lipinski definition) is 4. The van der Waals surface area contributed by atoms with Crippen LogP contribution in [0.4, 0.5) is 0 Å². The minimum absolute atomic E-state index is 0.507. The van der Waals surface area contributed by atoms with Crippen LogP contribution in [0.2, 0.25) is 0 Å². The average molecular weight is 170 g/mol. The summed E-state index contributed by atoms with van der Waals surface area (Å²) in [7, 11) is 0. The van der Waals surface area contributed by atoms with Gasteiger partial charge >= 0.3 is 0 Å². The molecule has 0 aliphatic rings. The van der Waals surface area contributed by atoms with E-state index in [4.69, 9.17) is 21.1 Å². The SMILES string of the molecule is NC(=O)c1c(O)cc(O)nc1O. The summed E-state index contributed by atoms with van der Waals surface area (Å²) < 4.78 is 0. The first-order valence-electron chi connectivity index (χ1n) is 2.94. The second-order valence-corrected chi connectivity index (χ2v) is 2.06. The minimum atomic E-state index is -1.02. The predicted octanol–water partition coefficient (Wildman–Crippen LogP) is -0.703. The van der Waals surface area contributed by atoms with Crippen molar-refractivity contribution in [3.63, 3.8) is 0 Å². The highest BCUT2D eigenvalue weighted by molar-refractivity contribution is 5.97. The van der Waals surface area contributed by atoms with E-state index in [-0.39, 0.29) is 0 Å². The Morgan fingerprint density at radius 1 is 1.42 bits per heavy atom. The molecule has 64 valence electrons. The van der Waals surface area contributed by atoms with E-state index in [1.807, 2.05) is 0 Å². The lowest BCUT2D eigenvalue weighted by Crippen LogP contribution is -2.11. The summed E-state index contributed by atoms with van der Waals surface area (Å²) in [5.41, 5.74) is 4.28. The van der Waals surface area contributed by atoms with Crippen molar-refractivity contribution >= 4 is 5.91 Å². The molecule has 1 rings (SSSR count). The summed E-state index contributed by atoms with van der Waals surface area (Å²) in [6.45, 7) is 0. The molecule has 6 heteroatoms. The number of amides is 1. The first-order chi connectivity index (χ1) is 5.52. The molecular weight excluding hydrogens is 164 g/mol. The van der Waals surface area contributed by atoms with Crippen molar-refractivity contribution in [2.75, 3.05) is 0 Å². The molecule has 6 nitrogen and oxygen atoms in total. The number of carbonyl (C=O) groups excluding carboxylic acids is 1. The van der Waals surface area contributed by atoms with E-state index in [0.29, 0.717) is 0 Å². The molecule has 5 N–H and O–H groups in total. The summed E-state index contributed by atoms with van der Waals surface area (Å²) in [6.07, 6.45) is 0. The van der Waals surface area contributed by atoms with Crippen molar-refractivity contribution in [3.8, 4) is 17.5 Å². The fourth-order valence-corrected chi connectivity index (χ4v) is 0.742. The van der Waals surface area contributed by atoms with E-state index in [1.165, 1.54) is 0 Å². The Labute approximate surface area is 66.9 Å². The summed E-state index contributed by atoms with van der Waals surface area (Å²) in [4.78, 5) is 13.6. The lowest BCUT2D eigenvalue weighted by Gasteiger charge is -2.01. The Balaban J connectivity index is 3.38. The second kappa shape index (κ2) is 2.57. The summed E-state index contributed by atoms with van der Waals surface area (Å²) >= 11 is 0. The predicted molar refractivity (Wildman–Crippen MR) is 37.7 cm³/mol. The van der Waals surface area contributed by atoms with Gasteiger partial charge in [-0.05, 0) is 0 Å². The number of hydrogen-bond acceptors (Lipinski definition) is 5. The number of rotatable bonds is 1. The Hall–Kier alpha value is -1.98. The van der Waals surface area contributed by atoms with Gasteiger partial charge in [0, 0.05) is 6.07 Å². The molecule has 0 saturated heterocycles. The largest absolute Gasteiger partial charge is 0.507 e. The van der Waals surface area contributed by atoms with E-state index in [1.54, 1.807) is 0 Å². The Bertz CT molecular complexity index is 313. The maximum Gasteiger partial charge on any atom is 0.258 e. The van der Waals surface area contributed by atoms with Crippen LogP contribution < -0.4 is 5.73 Å². The number of carbonyl (C=O) groups is 1. The van der Waals surface area contributed by atoms with Gasteiger partial charge in [0.2, 0.25) is 11.8 Å². The Kier molecular flexibility index (Phi) is 1.74.